The summed E-state index contributed by atoms with van der Waals surface area (Å²) in [5, 5.41) is 26.6. The van der Waals surface area contributed by atoms with Crippen LogP contribution in [0.4, 0.5) is 5.69 Å². The van der Waals surface area contributed by atoms with E-state index in [0.29, 0.717) is 11.3 Å². The molecule has 5 rings (SSSR count). The number of hydrogen-bond acceptors (Lipinski definition) is 5. The average molecular weight is 538 g/mol. The average Bonchev–Trinajstić information content (AvgIpc) is 2.93. The number of sulfone groups is 1. The van der Waals surface area contributed by atoms with Crippen LogP contribution >= 0.6 is 0 Å². The third-order valence-corrected chi connectivity index (χ3v) is 8.69. The van der Waals surface area contributed by atoms with Crippen LogP contribution in [0.2, 0.25) is 0 Å². The summed E-state index contributed by atoms with van der Waals surface area (Å²) in [6.07, 6.45) is -1.21. The van der Waals surface area contributed by atoms with E-state index in [2.05, 4.69) is 17.4 Å². The summed E-state index contributed by atoms with van der Waals surface area (Å²) in [5.41, 5.74) is 3.07. The van der Waals surface area contributed by atoms with E-state index < -0.39 is 16.1 Å². The molecule has 0 amide bonds. The van der Waals surface area contributed by atoms with E-state index in [4.69, 9.17) is 0 Å². The van der Waals surface area contributed by atoms with Gasteiger partial charge in [0.15, 0.2) is 6.23 Å². The molecule has 0 radical (unpaired) electrons. The minimum Gasteiger partial charge on any atom is -0.507 e. The SMILES string of the molecule is CC(C)(C)c1ccccc1S(=O)(=O)c1ccc(NC(O)c2cc(-c3ccc4ccccc4c3)ccc2O)cc1. The van der Waals surface area contributed by atoms with Crippen molar-refractivity contribution in [1.82, 2.24) is 0 Å². The fraction of sp³-hybridized carbons (Fsp3) is 0.152. The molecule has 0 saturated heterocycles. The van der Waals surface area contributed by atoms with E-state index in [9.17, 15) is 18.6 Å². The van der Waals surface area contributed by atoms with Gasteiger partial charge in [0.05, 0.1) is 9.79 Å². The molecule has 198 valence electrons. The van der Waals surface area contributed by atoms with Gasteiger partial charge in [0.1, 0.15) is 5.75 Å². The first-order valence-electron chi connectivity index (χ1n) is 12.8. The summed E-state index contributed by atoms with van der Waals surface area (Å²) in [6, 6.07) is 32.6. The predicted molar refractivity (Wildman–Crippen MR) is 157 cm³/mol. The van der Waals surface area contributed by atoms with E-state index in [-0.39, 0.29) is 21.0 Å². The van der Waals surface area contributed by atoms with Crippen LogP contribution in [0.25, 0.3) is 21.9 Å². The smallest absolute Gasteiger partial charge is 0.206 e. The molecule has 5 aromatic carbocycles. The molecule has 0 aliphatic heterocycles. The summed E-state index contributed by atoms with van der Waals surface area (Å²) >= 11 is 0. The molecule has 0 aliphatic carbocycles. The molecule has 0 heterocycles. The molecule has 1 atom stereocenters. The van der Waals surface area contributed by atoms with Gasteiger partial charge in [-0.05, 0) is 81.4 Å². The van der Waals surface area contributed by atoms with Crippen molar-refractivity contribution < 1.29 is 18.6 Å². The van der Waals surface area contributed by atoms with Crippen molar-refractivity contribution in [1.29, 1.82) is 0 Å². The van der Waals surface area contributed by atoms with E-state index in [1.165, 1.54) is 12.1 Å². The van der Waals surface area contributed by atoms with Crippen LogP contribution in [-0.2, 0) is 15.3 Å². The second-order valence-electron chi connectivity index (χ2n) is 10.7. The maximum Gasteiger partial charge on any atom is 0.206 e. The highest BCUT2D eigenvalue weighted by atomic mass is 32.2. The Morgan fingerprint density at radius 2 is 1.33 bits per heavy atom. The van der Waals surface area contributed by atoms with Crippen LogP contribution in [0.5, 0.6) is 5.75 Å². The molecule has 0 aromatic heterocycles. The first kappa shape index (κ1) is 26.5. The van der Waals surface area contributed by atoms with E-state index in [1.54, 1.807) is 36.4 Å². The monoisotopic (exact) mass is 537 g/mol. The number of anilines is 1. The fourth-order valence-electron chi connectivity index (χ4n) is 4.74. The number of nitrogens with one attached hydrogen (secondary N) is 1. The van der Waals surface area contributed by atoms with Crippen molar-refractivity contribution in [3.8, 4) is 16.9 Å². The number of aliphatic hydroxyl groups excluding tert-OH is 1. The van der Waals surface area contributed by atoms with Crippen molar-refractivity contribution in [2.24, 2.45) is 0 Å². The molecule has 5 nitrogen and oxygen atoms in total. The molecule has 5 aromatic rings. The van der Waals surface area contributed by atoms with Gasteiger partial charge in [-0.15, -0.1) is 0 Å². The third kappa shape index (κ3) is 5.39. The Morgan fingerprint density at radius 3 is 2.05 bits per heavy atom. The summed E-state index contributed by atoms with van der Waals surface area (Å²) < 4.78 is 26.9. The number of hydrogen-bond donors (Lipinski definition) is 3. The van der Waals surface area contributed by atoms with Gasteiger partial charge in [0.25, 0.3) is 0 Å². The Morgan fingerprint density at radius 1 is 0.718 bits per heavy atom. The maximum absolute atomic E-state index is 13.5. The summed E-state index contributed by atoms with van der Waals surface area (Å²) in [7, 11) is -3.74. The molecule has 0 aliphatic rings. The lowest BCUT2D eigenvalue weighted by atomic mass is 9.87. The van der Waals surface area contributed by atoms with Gasteiger partial charge in [0.2, 0.25) is 9.84 Å². The molecule has 3 N–H and O–H groups in total. The summed E-state index contributed by atoms with van der Waals surface area (Å²) in [4.78, 5) is 0.453. The molecule has 0 fully saturated rings. The highest BCUT2D eigenvalue weighted by Gasteiger charge is 2.26. The Bertz CT molecular complexity index is 1750. The zero-order valence-corrected chi connectivity index (χ0v) is 22.9. The van der Waals surface area contributed by atoms with Crippen molar-refractivity contribution in [3.05, 3.63) is 120 Å². The minimum absolute atomic E-state index is 0.0440. The molecule has 0 saturated carbocycles. The van der Waals surface area contributed by atoms with Crippen LogP contribution < -0.4 is 5.32 Å². The highest BCUT2D eigenvalue weighted by Crippen LogP contribution is 2.34. The highest BCUT2D eigenvalue weighted by molar-refractivity contribution is 7.91. The second-order valence-corrected chi connectivity index (χ2v) is 12.6. The number of benzene rings is 5. The van der Waals surface area contributed by atoms with Gasteiger partial charge in [-0.25, -0.2) is 8.42 Å². The van der Waals surface area contributed by atoms with E-state index >= 15 is 0 Å². The number of phenols is 1. The van der Waals surface area contributed by atoms with Gasteiger partial charge in [-0.2, -0.15) is 0 Å². The van der Waals surface area contributed by atoms with Crippen LogP contribution in [0, 0.1) is 0 Å². The van der Waals surface area contributed by atoms with Gasteiger partial charge in [-0.3, -0.25) is 0 Å². The summed E-state index contributed by atoms with van der Waals surface area (Å²) in [6.45, 7) is 5.96. The Balaban J connectivity index is 1.39. The molecular weight excluding hydrogens is 506 g/mol. The van der Waals surface area contributed by atoms with Crippen LogP contribution in [0.15, 0.2) is 119 Å². The number of fused-ring (bicyclic) bond motifs is 1. The zero-order valence-electron chi connectivity index (χ0n) is 22.1. The molecule has 0 bridgehead atoms. The largest absolute Gasteiger partial charge is 0.507 e. The molecule has 39 heavy (non-hydrogen) atoms. The molecular formula is C33H31NO4S. The lowest BCUT2D eigenvalue weighted by molar-refractivity contribution is 0.204. The second kappa shape index (κ2) is 10.2. The Kier molecular flexibility index (Phi) is 6.93. The summed E-state index contributed by atoms with van der Waals surface area (Å²) in [5.74, 6) is -0.0440. The number of aromatic hydroxyl groups is 1. The van der Waals surface area contributed by atoms with E-state index in [0.717, 1.165) is 27.5 Å². The van der Waals surface area contributed by atoms with Crippen molar-refractivity contribution in [2.75, 3.05) is 5.32 Å². The molecule has 6 heteroatoms. The Hall–Kier alpha value is -4.13. The molecule has 1 unspecified atom stereocenters. The van der Waals surface area contributed by atoms with Crippen LogP contribution in [0.1, 0.15) is 38.1 Å². The molecule has 0 spiro atoms. The normalized spacial score (nSPS) is 12.8. The van der Waals surface area contributed by atoms with Crippen LogP contribution in [0.3, 0.4) is 0 Å². The number of rotatable bonds is 6. The standard InChI is InChI=1S/C33H31NO4S/c1-33(2,3)29-10-6-7-11-31(29)39(37,38)27-17-15-26(16-18-27)34-32(36)28-21-25(14-19-30(28)35)24-13-12-22-8-4-5-9-23(22)20-24/h4-21,32,34-36H,1-3H3. The van der Waals surface area contributed by atoms with Crippen LogP contribution in [-0.4, -0.2) is 18.6 Å². The Labute approximate surface area is 229 Å². The van der Waals surface area contributed by atoms with Crippen molar-refractivity contribution in [2.45, 2.75) is 42.2 Å². The zero-order chi connectivity index (χ0) is 27.8. The predicted octanol–water partition coefficient (Wildman–Crippen LogP) is 7.45. The third-order valence-electron chi connectivity index (χ3n) is 6.86. The topological polar surface area (TPSA) is 86.6 Å². The van der Waals surface area contributed by atoms with Gasteiger partial charge < -0.3 is 15.5 Å². The quantitative estimate of drug-likeness (QED) is 0.196. The fourth-order valence-corrected chi connectivity index (χ4v) is 6.41. The van der Waals surface area contributed by atoms with Crippen molar-refractivity contribution >= 4 is 26.3 Å². The lowest BCUT2D eigenvalue weighted by Gasteiger charge is -2.22. The van der Waals surface area contributed by atoms with E-state index in [1.807, 2.05) is 69.3 Å². The van der Waals surface area contributed by atoms with Crippen molar-refractivity contribution in [3.63, 3.8) is 0 Å². The first-order chi connectivity index (χ1) is 18.5. The maximum atomic E-state index is 13.5. The number of aliphatic hydroxyl groups is 1. The number of phenolic OH excluding ortho intramolecular Hbond substituents is 1. The van der Waals surface area contributed by atoms with Gasteiger partial charge in [-0.1, -0.05) is 81.4 Å². The first-order valence-corrected chi connectivity index (χ1v) is 14.2. The lowest BCUT2D eigenvalue weighted by Crippen LogP contribution is -2.17. The van der Waals surface area contributed by atoms with Gasteiger partial charge in [0, 0.05) is 11.3 Å². The van der Waals surface area contributed by atoms with Gasteiger partial charge >= 0.3 is 0 Å². The minimum atomic E-state index is -3.74.